The lowest BCUT2D eigenvalue weighted by atomic mass is 10.9. The number of oxazole rings is 1. The molecule has 4 heteroatoms. The second-order valence-electron chi connectivity index (χ2n) is 1.59. The third kappa shape index (κ3) is 1.40. The van der Waals surface area contributed by atoms with Crippen LogP contribution in [0.2, 0.25) is 0 Å². The van der Waals surface area contributed by atoms with Crippen molar-refractivity contribution in [2.75, 3.05) is 13.7 Å². The van der Waals surface area contributed by atoms with Gasteiger partial charge in [-0.05, 0) is 6.92 Å². The maximum atomic E-state index is 4.93. The van der Waals surface area contributed by atoms with Crippen LogP contribution in [-0.2, 0) is 0 Å². The Balaban J connectivity index is 2.59. The van der Waals surface area contributed by atoms with Crippen molar-refractivity contribution in [3.8, 4) is 12.0 Å². The van der Waals surface area contributed by atoms with E-state index in [4.69, 9.17) is 13.9 Å². The van der Waals surface area contributed by atoms with E-state index in [1.165, 1.54) is 13.4 Å². The van der Waals surface area contributed by atoms with Gasteiger partial charge in [0.2, 0.25) is 0 Å². The van der Waals surface area contributed by atoms with Crippen molar-refractivity contribution in [3.05, 3.63) is 6.26 Å². The number of ether oxygens (including phenoxy) is 2. The average molecular weight is 143 g/mol. The molecule has 0 unspecified atom stereocenters. The Morgan fingerprint density at radius 2 is 2.50 bits per heavy atom. The van der Waals surface area contributed by atoms with Gasteiger partial charge in [-0.1, -0.05) is 0 Å². The minimum atomic E-state index is 0.249. The Kier molecular flexibility index (Phi) is 2.15. The summed E-state index contributed by atoms with van der Waals surface area (Å²) in [5.41, 5.74) is 0. The van der Waals surface area contributed by atoms with Crippen molar-refractivity contribution in [1.82, 2.24) is 4.98 Å². The van der Waals surface area contributed by atoms with E-state index in [0.717, 1.165) is 0 Å². The van der Waals surface area contributed by atoms with Gasteiger partial charge in [0, 0.05) is 0 Å². The van der Waals surface area contributed by atoms with E-state index >= 15 is 0 Å². The summed E-state index contributed by atoms with van der Waals surface area (Å²) in [6.45, 7) is 2.40. The van der Waals surface area contributed by atoms with E-state index in [9.17, 15) is 0 Å². The molecule has 0 saturated heterocycles. The molecule has 0 bridgehead atoms. The lowest BCUT2D eigenvalue weighted by Crippen LogP contribution is -1.90. The minimum absolute atomic E-state index is 0.249. The zero-order valence-electron chi connectivity index (χ0n) is 5.96. The zero-order chi connectivity index (χ0) is 7.40. The molecule has 0 N–H and O–H groups in total. The molecule has 56 valence electrons. The Labute approximate surface area is 58.8 Å². The maximum absolute atomic E-state index is 4.93. The van der Waals surface area contributed by atoms with Crippen LogP contribution in [0.1, 0.15) is 6.92 Å². The smallest absolute Gasteiger partial charge is 0.396 e. The van der Waals surface area contributed by atoms with E-state index in [1.807, 2.05) is 6.92 Å². The van der Waals surface area contributed by atoms with Crippen LogP contribution in [0.25, 0.3) is 0 Å². The SMILES string of the molecule is CCOc1nc(OC)co1. The number of nitrogens with zero attached hydrogens (tertiary/aromatic N) is 1. The molecule has 0 spiro atoms. The molecule has 0 atom stereocenters. The minimum Gasteiger partial charge on any atom is -0.479 e. The van der Waals surface area contributed by atoms with Crippen molar-refractivity contribution >= 4 is 0 Å². The van der Waals surface area contributed by atoms with Gasteiger partial charge in [0.15, 0.2) is 6.26 Å². The Hall–Kier alpha value is -1.19. The summed E-state index contributed by atoms with van der Waals surface area (Å²) >= 11 is 0. The lowest BCUT2D eigenvalue weighted by molar-refractivity contribution is 0.244. The first-order valence-corrected chi connectivity index (χ1v) is 2.99. The van der Waals surface area contributed by atoms with Gasteiger partial charge in [-0.2, -0.15) is 0 Å². The van der Waals surface area contributed by atoms with Gasteiger partial charge in [0.25, 0.3) is 5.88 Å². The van der Waals surface area contributed by atoms with Crippen molar-refractivity contribution < 1.29 is 13.9 Å². The Bertz CT molecular complexity index is 197. The Morgan fingerprint density at radius 1 is 1.70 bits per heavy atom. The zero-order valence-corrected chi connectivity index (χ0v) is 5.96. The first-order valence-electron chi connectivity index (χ1n) is 2.99. The maximum Gasteiger partial charge on any atom is 0.396 e. The topological polar surface area (TPSA) is 44.5 Å². The third-order valence-electron chi connectivity index (χ3n) is 0.939. The van der Waals surface area contributed by atoms with Gasteiger partial charge in [-0.25, -0.2) is 0 Å². The molecule has 0 fully saturated rings. The number of aromatic nitrogens is 1. The van der Waals surface area contributed by atoms with E-state index in [-0.39, 0.29) is 6.08 Å². The molecule has 10 heavy (non-hydrogen) atoms. The lowest BCUT2D eigenvalue weighted by Gasteiger charge is -1.91. The molecule has 1 heterocycles. The van der Waals surface area contributed by atoms with E-state index < -0.39 is 0 Å². The fourth-order valence-corrected chi connectivity index (χ4v) is 0.527. The van der Waals surface area contributed by atoms with Crippen LogP contribution >= 0.6 is 0 Å². The summed E-state index contributed by atoms with van der Waals surface area (Å²) in [4.78, 5) is 3.81. The van der Waals surface area contributed by atoms with Gasteiger partial charge in [0.1, 0.15) is 0 Å². The summed E-state index contributed by atoms with van der Waals surface area (Å²) in [7, 11) is 1.52. The molecule has 1 rings (SSSR count). The molecular weight excluding hydrogens is 134 g/mol. The first kappa shape index (κ1) is 6.92. The van der Waals surface area contributed by atoms with Crippen LogP contribution in [0.15, 0.2) is 10.7 Å². The van der Waals surface area contributed by atoms with Crippen molar-refractivity contribution in [2.45, 2.75) is 6.92 Å². The number of rotatable bonds is 3. The predicted octanol–water partition coefficient (Wildman–Crippen LogP) is 1.08. The molecule has 0 saturated carbocycles. The summed E-state index contributed by atoms with van der Waals surface area (Å²) in [6, 6.07) is 0. The molecule has 4 nitrogen and oxygen atoms in total. The van der Waals surface area contributed by atoms with Gasteiger partial charge in [0.05, 0.1) is 13.7 Å². The molecule has 0 radical (unpaired) electrons. The van der Waals surface area contributed by atoms with E-state index in [2.05, 4.69) is 4.98 Å². The largest absolute Gasteiger partial charge is 0.479 e. The summed E-state index contributed by atoms with van der Waals surface area (Å²) in [5.74, 6) is 0.434. The monoisotopic (exact) mass is 143 g/mol. The molecule has 1 aromatic rings. The molecule has 1 aromatic heterocycles. The van der Waals surface area contributed by atoms with Gasteiger partial charge >= 0.3 is 6.08 Å². The molecule has 0 aliphatic heterocycles. The molecular formula is C6H9NO3. The molecule has 0 aliphatic carbocycles. The van der Waals surface area contributed by atoms with Gasteiger partial charge < -0.3 is 13.9 Å². The molecule has 0 aromatic carbocycles. The van der Waals surface area contributed by atoms with Gasteiger partial charge in [-0.3, -0.25) is 0 Å². The molecule has 0 aliphatic rings. The van der Waals surface area contributed by atoms with Crippen LogP contribution in [0.4, 0.5) is 0 Å². The highest BCUT2D eigenvalue weighted by atomic mass is 16.6. The molecule has 0 amide bonds. The highest BCUT2D eigenvalue weighted by Gasteiger charge is 2.01. The highest BCUT2D eigenvalue weighted by Crippen LogP contribution is 2.14. The summed E-state index contributed by atoms with van der Waals surface area (Å²) in [6.07, 6.45) is 1.64. The van der Waals surface area contributed by atoms with Crippen LogP contribution in [0.3, 0.4) is 0 Å². The fourth-order valence-electron chi connectivity index (χ4n) is 0.527. The second-order valence-corrected chi connectivity index (χ2v) is 1.59. The van der Waals surface area contributed by atoms with Crippen molar-refractivity contribution in [1.29, 1.82) is 0 Å². The number of hydrogen-bond acceptors (Lipinski definition) is 4. The first-order chi connectivity index (χ1) is 4.86. The number of hydrogen-bond donors (Lipinski definition) is 0. The predicted molar refractivity (Wildman–Crippen MR) is 34.2 cm³/mol. The second kappa shape index (κ2) is 3.10. The standard InChI is InChI=1S/C6H9NO3/c1-3-9-6-7-5(8-2)4-10-6/h4H,3H2,1-2H3. The van der Waals surface area contributed by atoms with Crippen LogP contribution in [0.5, 0.6) is 12.0 Å². The fraction of sp³-hybridized carbons (Fsp3) is 0.500. The van der Waals surface area contributed by atoms with Crippen LogP contribution in [-0.4, -0.2) is 18.7 Å². The van der Waals surface area contributed by atoms with E-state index in [0.29, 0.717) is 12.5 Å². The Morgan fingerprint density at radius 3 is 3.00 bits per heavy atom. The van der Waals surface area contributed by atoms with Gasteiger partial charge in [-0.15, -0.1) is 4.98 Å². The quantitative estimate of drug-likeness (QED) is 0.635. The highest BCUT2D eigenvalue weighted by molar-refractivity contribution is 5.05. The van der Waals surface area contributed by atoms with Crippen LogP contribution < -0.4 is 9.47 Å². The summed E-state index contributed by atoms with van der Waals surface area (Å²) < 4.78 is 14.5. The average Bonchev–Trinajstić information content (AvgIpc) is 2.37. The van der Waals surface area contributed by atoms with Crippen molar-refractivity contribution in [2.24, 2.45) is 0 Å². The number of methoxy groups -OCH3 is 1. The van der Waals surface area contributed by atoms with Crippen LogP contribution in [0, 0.1) is 0 Å². The summed E-state index contributed by atoms with van der Waals surface area (Å²) in [5, 5.41) is 0. The third-order valence-corrected chi connectivity index (χ3v) is 0.939. The van der Waals surface area contributed by atoms with E-state index in [1.54, 1.807) is 0 Å². The normalized spacial score (nSPS) is 9.40. The van der Waals surface area contributed by atoms with Crippen molar-refractivity contribution in [3.63, 3.8) is 0 Å².